The van der Waals surface area contributed by atoms with Crippen LogP contribution < -0.4 is 10.9 Å². The third-order valence-electron chi connectivity index (χ3n) is 6.34. The Labute approximate surface area is 218 Å². The van der Waals surface area contributed by atoms with Crippen molar-refractivity contribution in [1.29, 1.82) is 0 Å². The van der Waals surface area contributed by atoms with Crippen molar-refractivity contribution >= 4 is 40.0 Å². The fourth-order valence-corrected chi connectivity index (χ4v) is 5.11. The number of benzene rings is 2. The highest BCUT2D eigenvalue weighted by atomic mass is 35.5. The zero-order valence-corrected chi connectivity index (χ0v) is 21.1. The molecule has 1 amide bonds. The Morgan fingerprint density at radius 3 is 2.58 bits per heavy atom. The number of nitrogens with zero attached hydrogens (tertiary/aromatic N) is 1. The molecular weight excluding hydrogens is 499 g/mol. The van der Waals surface area contributed by atoms with Gasteiger partial charge in [-0.25, -0.2) is 0 Å². The zero-order chi connectivity index (χ0) is 25.1. The number of hydrogen-bond donors (Lipinski definition) is 3. The van der Waals surface area contributed by atoms with E-state index in [9.17, 15) is 9.59 Å². The third kappa shape index (κ3) is 5.34. The number of H-pyrrole nitrogens is 2. The van der Waals surface area contributed by atoms with Crippen molar-refractivity contribution in [2.24, 2.45) is 0 Å². The number of halogens is 2. The van der Waals surface area contributed by atoms with Crippen molar-refractivity contribution < 1.29 is 9.53 Å². The normalized spacial score (nSPS) is 14.3. The number of rotatable bonds is 7. The lowest BCUT2D eigenvalue weighted by Crippen LogP contribution is -2.38. The fraction of sp³-hybridized carbons (Fsp3) is 0.259. The molecule has 0 radical (unpaired) electrons. The Hall–Kier alpha value is -3.10. The number of aromatic nitrogens is 2. The van der Waals surface area contributed by atoms with Crippen LogP contribution in [0, 0.1) is 0 Å². The van der Waals surface area contributed by atoms with Crippen molar-refractivity contribution in [1.82, 2.24) is 20.2 Å². The first-order valence-electron chi connectivity index (χ1n) is 11.9. The SMILES string of the molecule is O=C(NCCCN1CCOCC1)c1ccc2[nH]c(-c3ccc[nH]c3=O)c(-c3cc(Cl)cc(Cl)c3)c2c1. The average Bonchev–Trinajstić information content (AvgIpc) is 3.25. The topological polar surface area (TPSA) is 90.2 Å². The lowest BCUT2D eigenvalue weighted by molar-refractivity contribution is 0.0374. The molecule has 1 aliphatic rings. The second kappa shape index (κ2) is 10.9. The van der Waals surface area contributed by atoms with E-state index in [-0.39, 0.29) is 11.5 Å². The number of carbonyl (C=O) groups is 1. The quantitative estimate of drug-likeness (QED) is 0.298. The van der Waals surface area contributed by atoms with Crippen LogP contribution >= 0.6 is 23.2 Å². The number of hydrogen-bond acceptors (Lipinski definition) is 4. The summed E-state index contributed by atoms with van der Waals surface area (Å²) >= 11 is 12.6. The van der Waals surface area contributed by atoms with Crippen LogP contribution in [0.15, 0.2) is 59.5 Å². The van der Waals surface area contributed by atoms with Gasteiger partial charge in [0.05, 0.1) is 24.5 Å². The lowest BCUT2D eigenvalue weighted by Gasteiger charge is -2.26. The number of carbonyl (C=O) groups excluding carboxylic acids is 1. The smallest absolute Gasteiger partial charge is 0.257 e. The molecule has 5 rings (SSSR count). The molecule has 7 nitrogen and oxygen atoms in total. The molecule has 186 valence electrons. The summed E-state index contributed by atoms with van der Waals surface area (Å²) in [6, 6.07) is 14.3. The van der Waals surface area contributed by atoms with Gasteiger partial charge in [0, 0.05) is 57.9 Å². The summed E-state index contributed by atoms with van der Waals surface area (Å²) < 4.78 is 5.38. The van der Waals surface area contributed by atoms with Crippen molar-refractivity contribution in [3.63, 3.8) is 0 Å². The monoisotopic (exact) mass is 524 g/mol. The van der Waals surface area contributed by atoms with Crippen molar-refractivity contribution in [3.05, 3.63) is 80.7 Å². The van der Waals surface area contributed by atoms with E-state index in [0.29, 0.717) is 33.4 Å². The van der Waals surface area contributed by atoms with Gasteiger partial charge in [0.15, 0.2) is 0 Å². The lowest BCUT2D eigenvalue weighted by atomic mass is 9.98. The Balaban J connectivity index is 1.47. The highest BCUT2D eigenvalue weighted by Gasteiger charge is 2.19. The molecule has 3 heterocycles. The van der Waals surface area contributed by atoms with Crippen LogP contribution in [0.25, 0.3) is 33.3 Å². The van der Waals surface area contributed by atoms with E-state index >= 15 is 0 Å². The highest BCUT2D eigenvalue weighted by Crippen LogP contribution is 2.39. The van der Waals surface area contributed by atoms with Crippen LogP contribution in [-0.2, 0) is 4.74 Å². The number of amides is 1. The van der Waals surface area contributed by atoms with Crippen LogP contribution in [0.5, 0.6) is 0 Å². The molecule has 3 N–H and O–H groups in total. The summed E-state index contributed by atoms with van der Waals surface area (Å²) in [5.41, 5.74) is 3.73. The predicted molar refractivity (Wildman–Crippen MR) is 144 cm³/mol. The molecule has 2 aromatic carbocycles. The van der Waals surface area contributed by atoms with Gasteiger partial charge in [-0.15, -0.1) is 0 Å². The number of nitrogens with one attached hydrogen (secondary N) is 3. The van der Waals surface area contributed by atoms with E-state index in [2.05, 4.69) is 20.2 Å². The van der Waals surface area contributed by atoms with E-state index < -0.39 is 0 Å². The molecular formula is C27H26Cl2N4O3. The largest absolute Gasteiger partial charge is 0.379 e. The van der Waals surface area contributed by atoms with E-state index in [1.807, 2.05) is 12.1 Å². The number of fused-ring (bicyclic) bond motifs is 1. The van der Waals surface area contributed by atoms with E-state index in [1.165, 1.54) is 0 Å². The maximum absolute atomic E-state index is 13.0. The maximum Gasteiger partial charge on any atom is 0.257 e. The fourth-order valence-electron chi connectivity index (χ4n) is 4.58. The van der Waals surface area contributed by atoms with E-state index in [4.69, 9.17) is 27.9 Å². The number of pyridine rings is 1. The third-order valence-corrected chi connectivity index (χ3v) is 6.78. The minimum atomic E-state index is -0.225. The van der Waals surface area contributed by atoms with Crippen LogP contribution in [-0.4, -0.2) is 60.2 Å². The molecule has 9 heteroatoms. The van der Waals surface area contributed by atoms with Gasteiger partial charge in [0.1, 0.15) is 0 Å². The minimum absolute atomic E-state index is 0.144. The van der Waals surface area contributed by atoms with Gasteiger partial charge >= 0.3 is 0 Å². The second-order valence-corrected chi connectivity index (χ2v) is 9.64. The second-order valence-electron chi connectivity index (χ2n) is 8.77. The summed E-state index contributed by atoms with van der Waals surface area (Å²) in [6.07, 6.45) is 2.46. The van der Waals surface area contributed by atoms with Gasteiger partial charge in [-0.05, 0) is 67.1 Å². The molecule has 1 aliphatic heterocycles. The molecule has 2 aromatic heterocycles. The Kier molecular flexibility index (Phi) is 7.43. The number of morpholine rings is 1. The van der Waals surface area contributed by atoms with Gasteiger partial charge in [0.25, 0.3) is 11.5 Å². The van der Waals surface area contributed by atoms with Crippen molar-refractivity contribution in [3.8, 4) is 22.4 Å². The summed E-state index contributed by atoms with van der Waals surface area (Å²) in [6.45, 7) is 4.90. The Morgan fingerprint density at radius 2 is 1.83 bits per heavy atom. The molecule has 0 atom stereocenters. The van der Waals surface area contributed by atoms with Crippen molar-refractivity contribution in [2.75, 3.05) is 39.4 Å². The summed E-state index contributed by atoms with van der Waals surface area (Å²) in [5, 5.41) is 4.78. The molecule has 0 aliphatic carbocycles. The van der Waals surface area contributed by atoms with Gasteiger partial charge in [0.2, 0.25) is 0 Å². The maximum atomic E-state index is 13.0. The first-order valence-corrected chi connectivity index (χ1v) is 12.6. The van der Waals surface area contributed by atoms with E-state index in [1.54, 1.807) is 42.6 Å². The van der Waals surface area contributed by atoms with Crippen LogP contribution in [0.2, 0.25) is 10.0 Å². The molecule has 0 spiro atoms. The molecule has 1 saturated heterocycles. The molecule has 1 fully saturated rings. The van der Waals surface area contributed by atoms with Crippen molar-refractivity contribution in [2.45, 2.75) is 6.42 Å². The van der Waals surface area contributed by atoms with E-state index in [0.717, 1.165) is 61.3 Å². The Morgan fingerprint density at radius 1 is 1.06 bits per heavy atom. The van der Waals surface area contributed by atoms with Crippen LogP contribution in [0.1, 0.15) is 16.8 Å². The molecule has 36 heavy (non-hydrogen) atoms. The first-order chi connectivity index (χ1) is 17.5. The highest BCUT2D eigenvalue weighted by molar-refractivity contribution is 6.35. The molecule has 4 aromatic rings. The average molecular weight is 525 g/mol. The minimum Gasteiger partial charge on any atom is -0.379 e. The molecule has 0 bridgehead atoms. The van der Waals surface area contributed by atoms with Gasteiger partial charge in [-0.1, -0.05) is 23.2 Å². The molecule has 0 saturated carbocycles. The summed E-state index contributed by atoms with van der Waals surface area (Å²) in [4.78, 5) is 34.0. The first kappa shape index (κ1) is 24.6. The van der Waals surface area contributed by atoms with Gasteiger partial charge in [-0.2, -0.15) is 0 Å². The Bertz CT molecular complexity index is 1440. The van der Waals surface area contributed by atoms with Gasteiger partial charge in [-0.3, -0.25) is 14.5 Å². The predicted octanol–water partition coefficient (Wildman–Crippen LogP) is 4.95. The van der Waals surface area contributed by atoms with Crippen LogP contribution in [0.3, 0.4) is 0 Å². The zero-order valence-electron chi connectivity index (χ0n) is 19.6. The number of ether oxygens (including phenoxy) is 1. The van der Waals surface area contributed by atoms with Crippen LogP contribution in [0.4, 0.5) is 0 Å². The van der Waals surface area contributed by atoms with Gasteiger partial charge < -0.3 is 20.0 Å². The standard InChI is InChI=1S/C27H26Cl2N4O3/c28-19-13-18(14-20(29)16-19)24-22-15-17(26(34)30-7-2-8-33-9-11-36-12-10-33)4-5-23(22)32-25(24)21-3-1-6-31-27(21)35/h1,3-6,13-16,32H,2,7-12H2,(H,30,34)(H,31,35). The molecule has 0 unspecified atom stereocenters. The summed E-state index contributed by atoms with van der Waals surface area (Å²) in [7, 11) is 0. The summed E-state index contributed by atoms with van der Waals surface area (Å²) in [5.74, 6) is -0.144. The number of aromatic amines is 2.